The van der Waals surface area contributed by atoms with Gasteiger partial charge in [-0.3, -0.25) is 4.90 Å². The molecule has 2 fully saturated rings. The van der Waals surface area contributed by atoms with E-state index in [4.69, 9.17) is 9.47 Å². The minimum absolute atomic E-state index is 0.179. The molecule has 2 aliphatic rings. The number of hydrogen-bond donors (Lipinski definition) is 1. The predicted octanol–water partition coefficient (Wildman–Crippen LogP) is 2.71. The molecule has 1 heterocycles. The van der Waals surface area contributed by atoms with Crippen LogP contribution in [0.3, 0.4) is 0 Å². The Bertz CT molecular complexity index is 572. The van der Waals surface area contributed by atoms with Crippen LogP contribution in [-0.2, 0) is 4.74 Å². The SMILES string of the molecule is Cc1ccc(O[C@H]2C[C@H](N3C[C@@H](C)O[C@@H](C)C3)C2)cc1C(=O)O. The minimum atomic E-state index is -0.907. The highest BCUT2D eigenvalue weighted by molar-refractivity contribution is 5.89. The van der Waals surface area contributed by atoms with Gasteiger partial charge in [0, 0.05) is 32.0 Å². The van der Waals surface area contributed by atoms with Gasteiger partial charge < -0.3 is 14.6 Å². The number of hydrogen-bond acceptors (Lipinski definition) is 4. The Balaban J connectivity index is 1.54. The van der Waals surface area contributed by atoms with Crippen molar-refractivity contribution in [2.24, 2.45) is 0 Å². The van der Waals surface area contributed by atoms with E-state index in [0.29, 0.717) is 17.4 Å². The maximum atomic E-state index is 11.2. The summed E-state index contributed by atoms with van der Waals surface area (Å²) in [6.45, 7) is 8.00. The Morgan fingerprint density at radius 3 is 2.52 bits per heavy atom. The molecule has 2 atom stereocenters. The highest BCUT2D eigenvalue weighted by Gasteiger charge is 2.38. The van der Waals surface area contributed by atoms with E-state index in [9.17, 15) is 9.90 Å². The molecule has 0 bridgehead atoms. The van der Waals surface area contributed by atoms with Gasteiger partial charge in [0.25, 0.3) is 0 Å². The van der Waals surface area contributed by atoms with Crippen molar-refractivity contribution < 1.29 is 19.4 Å². The molecule has 0 radical (unpaired) electrons. The number of morpholine rings is 1. The Hall–Kier alpha value is -1.59. The molecule has 1 N–H and O–H groups in total. The van der Waals surface area contributed by atoms with E-state index in [1.807, 2.05) is 6.07 Å². The lowest BCUT2D eigenvalue weighted by molar-refractivity contribution is -0.103. The first kappa shape index (κ1) is 16.3. The van der Waals surface area contributed by atoms with Crippen molar-refractivity contribution in [3.8, 4) is 5.75 Å². The van der Waals surface area contributed by atoms with Crippen LogP contribution in [0.2, 0.25) is 0 Å². The molecular weight excluding hydrogens is 294 g/mol. The third-order valence-electron chi connectivity index (χ3n) is 4.78. The molecule has 1 saturated heterocycles. The number of carboxylic acids is 1. The Labute approximate surface area is 137 Å². The number of benzene rings is 1. The summed E-state index contributed by atoms with van der Waals surface area (Å²) in [5.41, 5.74) is 1.07. The van der Waals surface area contributed by atoms with E-state index in [2.05, 4.69) is 18.7 Å². The number of nitrogens with zero attached hydrogens (tertiary/aromatic N) is 1. The van der Waals surface area contributed by atoms with E-state index in [-0.39, 0.29) is 18.3 Å². The fourth-order valence-electron chi connectivity index (χ4n) is 3.55. The van der Waals surface area contributed by atoms with Crippen LogP contribution in [0, 0.1) is 6.92 Å². The smallest absolute Gasteiger partial charge is 0.336 e. The van der Waals surface area contributed by atoms with Crippen molar-refractivity contribution >= 4 is 5.97 Å². The van der Waals surface area contributed by atoms with Crippen LogP contribution < -0.4 is 4.74 Å². The number of carbonyl (C=O) groups is 1. The summed E-state index contributed by atoms with van der Waals surface area (Å²) in [6.07, 6.45) is 2.74. The lowest BCUT2D eigenvalue weighted by Gasteiger charge is -2.46. The van der Waals surface area contributed by atoms with Crippen molar-refractivity contribution in [2.45, 2.75) is 58.0 Å². The number of ether oxygens (including phenoxy) is 2. The Morgan fingerprint density at radius 1 is 1.26 bits per heavy atom. The van der Waals surface area contributed by atoms with Crippen molar-refractivity contribution in [3.05, 3.63) is 29.3 Å². The third-order valence-corrected chi connectivity index (χ3v) is 4.78. The van der Waals surface area contributed by atoms with Gasteiger partial charge in [-0.1, -0.05) is 6.07 Å². The molecule has 1 aliphatic heterocycles. The number of rotatable bonds is 4. The van der Waals surface area contributed by atoms with Crippen LogP contribution in [0.5, 0.6) is 5.75 Å². The zero-order valence-electron chi connectivity index (χ0n) is 14.0. The molecule has 1 saturated carbocycles. The molecule has 126 valence electrons. The number of aryl methyl sites for hydroxylation is 1. The molecule has 5 heteroatoms. The van der Waals surface area contributed by atoms with Crippen LogP contribution in [0.1, 0.15) is 42.6 Å². The average Bonchev–Trinajstić information content (AvgIpc) is 2.42. The second kappa shape index (κ2) is 6.49. The quantitative estimate of drug-likeness (QED) is 0.924. The molecular formula is C18H25NO4. The molecule has 3 rings (SSSR count). The summed E-state index contributed by atoms with van der Waals surface area (Å²) in [5.74, 6) is -0.254. The van der Waals surface area contributed by atoms with Crippen LogP contribution in [-0.4, -0.2) is 53.4 Å². The van der Waals surface area contributed by atoms with E-state index in [1.165, 1.54) is 0 Å². The molecule has 1 aromatic carbocycles. The summed E-state index contributed by atoms with van der Waals surface area (Å²) in [5, 5.41) is 9.18. The van der Waals surface area contributed by atoms with Crippen LogP contribution >= 0.6 is 0 Å². The fraction of sp³-hybridized carbons (Fsp3) is 0.611. The summed E-state index contributed by atoms with van der Waals surface area (Å²) < 4.78 is 11.7. The van der Waals surface area contributed by atoms with Crippen molar-refractivity contribution in [3.63, 3.8) is 0 Å². The monoisotopic (exact) mass is 319 g/mol. The molecule has 0 unspecified atom stereocenters. The van der Waals surface area contributed by atoms with E-state index >= 15 is 0 Å². The van der Waals surface area contributed by atoms with E-state index < -0.39 is 5.97 Å². The molecule has 23 heavy (non-hydrogen) atoms. The first-order chi connectivity index (χ1) is 10.9. The van der Waals surface area contributed by atoms with Gasteiger partial charge >= 0.3 is 5.97 Å². The largest absolute Gasteiger partial charge is 0.490 e. The molecule has 5 nitrogen and oxygen atoms in total. The van der Waals surface area contributed by atoms with Crippen LogP contribution in [0.15, 0.2) is 18.2 Å². The number of aromatic carboxylic acids is 1. The standard InChI is InChI=1S/C18H25NO4/c1-11-4-5-15(8-17(11)18(20)21)23-16-6-14(7-16)19-9-12(2)22-13(3)10-19/h4-5,8,12-14,16H,6-7,9-10H2,1-3H3,(H,20,21)/t12-,13+,14-,16-. The van der Waals surface area contributed by atoms with E-state index in [1.54, 1.807) is 19.1 Å². The van der Waals surface area contributed by atoms with Gasteiger partial charge in [-0.2, -0.15) is 0 Å². The summed E-state index contributed by atoms with van der Waals surface area (Å²) >= 11 is 0. The van der Waals surface area contributed by atoms with Gasteiger partial charge in [-0.25, -0.2) is 4.79 Å². The topological polar surface area (TPSA) is 59.0 Å². The lowest BCUT2D eigenvalue weighted by atomic mass is 9.87. The number of carboxylic acid groups (broad SMARTS) is 1. The third kappa shape index (κ3) is 3.67. The van der Waals surface area contributed by atoms with Gasteiger partial charge in [0.2, 0.25) is 0 Å². The van der Waals surface area contributed by atoms with Crippen molar-refractivity contribution in [1.82, 2.24) is 4.90 Å². The normalized spacial score (nSPS) is 31.4. The minimum Gasteiger partial charge on any atom is -0.490 e. The van der Waals surface area contributed by atoms with Gasteiger partial charge in [-0.15, -0.1) is 0 Å². The van der Waals surface area contributed by atoms with Gasteiger partial charge in [0.1, 0.15) is 11.9 Å². The lowest BCUT2D eigenvalue weighted by Crippen LogP contribution is -2.56. The zero-order valence-corrected chi connectivity index (χ0v) is 14.0. The molecule has 1 aromatic rings. The molecule has 0 spiro atoms. The van der Waals surface area contributed by atoms with Crippen molar-refractivity contribution in [2.75, 3.05) is 13.1 Å². The second-order valence-electron chi connectivity index (χ2n) is 6.86. The highest BCUT2D eigenvalue weighted by atomic mass is 16.5. The first-order valence-electron chi connectivity index (χ1n) is 8.32. The fourth-order valence-corrected chi connectivity index (χ4v) is 3.55. The van der Waals surface area contributed by atoms with Crippen LogP contribution in [0.25, 0.3) is 0 Å². The van der Waals surface area contributed by atoms with Crippen LogP contribution in [0.4, 0.5) is 0 Å². The zero-order chi connectivity index (χ0) is 16.6. The summed E-state index contributed by atoms with van der Waals surface area (Å²) in [6, 6.07) is 5.84. The predicted molar refractivity (Wildman–Crippen MR) is 87.2 cm³/mol. The van der Waals surface area contributed by atoms with Crippen molar-refractivity contribution in [1.29, 1.82) is 0 Å². The molecule has 0 aromatic heterocycles. The Kier molecular flexibility index (Phi) is 4.60. The van der Waals surface area contributed by atoms with E-state index in [0.717, 1.165) is 31.5 Å². The average molecular weight is 319 g/mol. The second-order valence-corrected chi connectivity index (χ2v) is 6.86. The summed E-state index contributed by atoms with van der Waals surface area (Å²) in [7, 11) is 0. The molecule has 0 amide bonds. The first-order valence-corrected chi connectivity index (χ1v) is 8.32. The van der Waals surface area contributed by atoms with Gasteiger partial charge in [0.05, 0.1) is 17.8 Å². The maximum Gasteiger partial charge on any atom is 0.336 e. The Morgan fingerprint density at radius 2 is 1.91 bits per heavy atom. The molecule has 1 aliphatic carbocycles. The maximum absolute atomic E-state index is 11.2. The summed E-state index contributed by atoms with van der Waals surface area (Å²) in [4.78, 5) is 13.7. The van der Waals surface area contributed by atoms with Gasteiger partial charge in [-0.05, 0) is 38.5 Å². The van der Waals surface area contributed by atoms with Gasteiger partial charge in [0.15, 0.2) is 0 Å². The highest BCUT2D eigenvalue weighted by Crippen LogP contribution is 2.32.